The molecule has 0 bridgehead atoms. The molecule has 1 rings (SSSR count). The third kappa shape index (κ3) is 4.78. The number of nitrogens with one attached hydrogen (secondary N) is 1. The first-order chi connectivity index (χ1) is 8.09. The first-order valence-electron chi connectivity index (χ1n) is 6.14. The molecule has 0 heterocycles. The molecular formula is C14H23NO2S. The lowest BCUT2D eigenvalue weighted by atomic mass is 9.99. The van der Waals surface area contributed by atoms with Crippen LogP contribution in [0.1, 0.15) is 39.2 Å². The molecule has 4 heteroatoms. The summed E-state index contributed by atoms with van der Waals surface area (Å²) in [5.74, 6) is 0.359. The quantitative estimate of drug-likeness (QED) is 0.914. The van der Waals surface area contributed by atoms with Crippen LogP contribution in [0, 0.1) is 0 Å². The van der Waals surface area contributed by atoms with Crippen LogP contribution < -0.4 is 5.32 Å². The highest BCUT2D eigenvalue weighted by molar-refractivity contribution is 7.90. The molecule has 0 aliphatic rings. The van der Waals surface area contributed by atoms with Crippen LogP contribution >= 0.6 is 0 Å². The molecule has 102 valence electrons. The van der Waals surface area contributed by atoms with E-state index in [2.05, 4.69) is 33.0 Å². The standard InChI is InChI=1S/C14H23NO2S/c1-11(10-15-14(2,3)4)12-6-8-13(9-7-12)18(5,16)17/h6-9,11,15H,10H2,1-5H3. The van der Waals surface area contributed by atoms with Crippen molar-refractivity contribution < 1.29 is 8.42 Å². The van der Waals surface area contributed by atoms with Crippen LogP contribution in [-0.4, -0.2) is 26.8 Å². The van der Waals surface area contributed by atoms with E-state index in [1.165, 1.54) is 6.26 Å². The molecule has 0 saturated heterocycles. The van der Waals surface area contributed by atoms with Gasteiger partial charge in [-0.3, -0.25) is 0 Å². The highest BCUT2D eigenvalue weighted by Crippen LogP contribution is 2.18. The summed E-state index contributed by atoms with van der Waals surface area (Å²) >= 11 is 0. The van der Waals surface area contributed by atoms with Crippen molar-refractivity contribution in [2.45, 2.75) is 44.0 Å². The Morgan fingerprint density at radius 3 is 2.06 bits per heavy atom. The van der Waals surface area contributed by atoms with Gasteiger partial charge in [0.05, 0.1) is 4.90 Å². The number of hydrogen-bond donors (Lipinski definition) is 1. The van der Waals surface area contributed by atoms with E-state index in [1.807, 2.05) is 12.1 Å². The van der Waals surface area contributed by atoms with Gasteiger partial charge in [0.2, 0.25) is 0 Å². The van der Waals surface area contributed by atoms with Crippen LogP contribution in [0.25, 0.3) is 0 Å². The van der Waals surface area contributed by atoms with Gasteiger partial charge >= 0.3 is 0 Å². The Bertz CT molecular complexity index is 484. The number of benzene rings is 1. The summed E-state index contributed by atoms with van der Waals surface area (Å²) in [4.78, 5) is 0.377. The molecule has 0 radical (unpaired) electrons. The van der Waals surface area contributed by atoms with Crippen molar-refractivity contribution >= 4 is 9.84 Å². The fourth-order valence-electron chi connectivity index (χ4n) is 1.62. The molecule has 0 aromatic heterocycles. The first-order valence-corrected chi connectivity index (χ1v) is 8.04. The summed E-state index contributed by atoms with van der Waals surface area (Å²) < 4.78 is 22.7. The summed E-state index contributed by atoms with van der Waals surface area (Å²) in [5.41, 5.74) is 1.25. The molecule has 0 aliphatic heterocycles. The molecule has 1 aromatic rings. The number of hydrogen-bond acceptors (Lipinski definition) is 3. The molecule has 1 unspecified atom stereocenters. The van der Waals surface area contributed by atoms with Gasteiger partial charge in [-0.25, -0.2) is 8.42 Å². The van der Waals surface area contributed by atoms with E-state index in [4.69, 9.17) is 0 Å². The fraction of sp³-hybridized carbons (Fsp3) is 0.571. The van der Waals surface area contributed by atoms with Crippen molar-refractivity contribution in [2.75, 3.05) is 12.8 Å². The highest BCUT2D eigenvalue weighted by atomic mass is 32.2. The Labute approximate surface area is 111 Å². The minimum absolute atomic E-state index is 0.0982. The SMILES string of the molecule is CC(CNC(C)(C)C)c1ccc(S(C)(=O)=O)cc1. The van der Waals surface area contributed by atoms with Gasteiger partial charge in [0.25, 0.3) is 0 Å². The van der Waals surface area contributed by atoms with Gasteiger partial charge in [0.1, 0.15) is 0 Å². The van der Waals surface area contributed by atoms with Gasteiger partial charge in [-0.05, 0) is 44.4 Å². The van der Waals surface area contributed by atoms with Gasteiger partial charge < -0.3 is 5.32 Å². The van der Waals surface area contributed by atoms with Crippen molar-refractivity contribution in [3.63, 3.8) is 0 Å². The van der Waals surface area contributed by atoms with Gasteiger partial charge in [-0.15, -0.1) is 0 Å². The maximum absolute atomic E-state index is 11.4. The predicted molar refractivity (Wildman–Crippen MR) is 75.7 cm³/mol. The molecule has 3 nitrogen and oxygen atoms in total. The van der Waals surface area contributed by atoms with Crippen molar-refractivity contribution in [3.05, 3.63) is 29.8 Å². The normalized spacial score (nSPS) is 14.5. The molecule has 1 atom stereocenters. The molecule has 0 aliphatic carbocycles. The average Bonchev–Trinajstić information content (AvgIpc) is 2.24. The van der Waals surface area contributed by atoms with Crippen molar-refractivity contribution in [1.82, 2.24) is 5.32 Å². The summed E-state index contributed by atoms with van der Waals surface area (Å²) in [5, 5.41) is 3.45. The lowest BCUT2D eigenvalue weighted by Gasteiger charge is -2.23. The zero-order valence-electron chi connectivity index (χ0n) is 11.8. The second-order valence-electron chi connectivity index (χ2n) is 5.87. The van der Waals surface area contributed by atoms with E-state index >= 15 is 0 Å². The minimum Gasteiger partial charge on any atom is -0.311 e. The second-order valence-corrected chi connectivity index (χ2v) is 7.89. The highest BCUT2D eigenvalue weighted by Gasteiger charge is 2.13. The van der Waals surface area contributed by atoms with Crippen molar-refractivity contribution in [2.24, 2.45) is 0 Å². The first kappa shape index (κ1) is 15.2. The predicted octanol–water partition coefficient (Wildman–Crippen LogP) is 2.58. The Balaban J connectivity index is 2.74. The smallest absolute Gasteiger partial charge is 0.175 e. The molecule has 18 heavy (non-hydrogen) atoms. The van der Waals surface area contributed by atoms with Gasteiger partial charge in [-0.1, -0.05) is 19.1 Å². The van der Waals surface area contributed by atoms with Crippen LogP contribution in [0.15, 0.2) is 29.2 Å². The van der Waals surface area contributed by atoms with Gasteiger partial charge in [0.15, 0.2) is 9.84 Å². The Kier molecular flexibility index (Phi) is 4.56. The van der Waals surface area contributed by atoms with E-state index in [0.717, 1.165) is 12.1 Å². The van der Waals surface area contributed by atoms with Crippen molar-refractivity contribution in [3.8, 4) is 0 Å². The topological polar surface area (TPSA) is 46.2 Å². The van der Waals surface area contributed by atoms with Crippen LogP contribution in [-0.2, 0) is 9.84 Å². The molecule has 0 amide bonds. The number of rotatable bonds is 4. The molecule has 0 spiro atoms. The zero-order valence-corrected chi connectivity index (χ0v) is 12.6. The van der Waals surface area contributed by atoms with E-state index in [0.29, 0.717) is 10.8 Å². The maximum atomic E-state index is 11.4. The van der Waals surface area contributed by atoms with E-state index in [9.17, 15) is 8.42 Å². The fourth-order valence-corrected chi connectivity index (χ4v) is 2.25. The lowest BCUT2D eigenvalue weighted by molar-refractivity contribution is 0.412. The van der Waals surface area contributed by atoms with E-state index < -0.39 is 9.84 Å². The van der Waals surface area contributed by atoms with Crippen molar-refractivity contribution in [1.29, 1.82) is 0 Å². The Morgan fingerprint density at radius 2 is 1.67 bits per heavy atom. The van der Waals surface area contributed by atoms with Gasteiger partial charge in [0, 0.05) is 18.3 Å². The minimum atomic E-state index is -3.10. The second kappa shape index (κ2) is 5.41. The van der Waals surface area contributed by atoms with Crippen LogP contribution in [0.4, 0.5) is 0 Å². The molecule has 0 saturated carbocycles. The van der Waals surface area contributed by atoms with Gasteiger partial charge in [-0.2, -0.15) is 0 Å². The number of sulfone groups is 1. The average molecular weight is 269 g/mol. The monoisotopic (exact) mass is 269 g/mol. The zero-order chi connectivity index (χ0) is 14.0. The third-order valence-electron chi connectivity index (χ3n) is 2.82. The Hall–Kier alpha value is -0.870. The lowest BCUT2D eigenvalue weighted by Crippen LogP contribution is -2.38. The molecule has 1 aromatic carbocycles. The summed E-state index contributed by atoms with van der Waals surface area (Å²) in [6.07, 6.45) is 1.23. The largest absolute Gasteiger partial charge is 0.311 e. The van der Waals surface area contributed by atoms with Crippen LogP contribution in [0.2, 0.25) is 0 Å². The van der Waals surface area contributed by atoms with E-state index in [1.54, 1.807) is 12.1 Å². The Morgan fingerprint density at radius 1 is 1.17 bits per heavy atom. The van der Waals surface area contributed by atoms with Crippen LogP contribution in [0.5, 0.6) is 0 Å². The summed E-state index contributed by atoms with van der Waals surface area (Å²) in [7, 11) is -3.10. The van der Waals surface area contributed by atoms with E-state index in [-0.39, 0.29) is 5.54 Å². The molecule has 1 N–H and O–H groups in total. The summed E-state index contributed by atoms with van der Waals surface area (Å²) in [6.45, 7) is 9.40. The summed E-state index contributed by atoms with van der Waals surface area (Å²) in [6, 6.07) is 7.15. The van der Waals surface area contributed by atoms with Crippen LogP contribution in [0.3, 0.4) is 0 Å². The molecular weight excluding hydrogens is 246 g/mol. The maximum Gasteiger partial charge on any atom is 0.175 e. The molecule has 0 fully saturated rings. The third-order valence-corrected chi connectivity index (χ3v) is 3.94.